The van der Waals surface area contributed by atoms with E-state index in [-0.39, 0.29) is 5.91 Å². The van der Waals surface area contributed by atoms with Gasteiger partial charge in [-0.15, -0.1) is 11.3 Å². The van der Waals surface area contributed by atoms with Crippen LogP contribution in [0.4, 0.5) is 5.69 Å². The van der Waals surface area contributed by atoms with Crippen molar-refractivity contribution in [3.8, 4) is 11.3 Å². The van der Waals surface area contributed by atoms with Gasteiger partial charge in [-0.1, -0.05) is 6.07 Å². The molecule has 0 unspecified atom stereocenters. The van der Waals surface area contributed by atoms with Crippen molar-refractivity contribution in [1.82, 2.24) is 9.88 Å². The average molecular weight is 343 g/mol. The maximum absolute atomic E-state index is 11.5. The number of amides is 1. The predicted octanol–water partition coefficient (Wildman–Crippen LogP) is 2.84. The predicted molar refractivity (Wildman–Crippen MR) is 95.3 cm³/mol. The molecule has 3 heterocycles. The number of carbonyl (C=O) groups excluding carboxylic acids is 1. The lowest BCUT2D eigenvalue weighted by molar-refractivity contribution is -0.116. The Labute approximate surface area is 145 Å². The van der Waals surface area contributed by atoms with Crippen molar-refractivity contribution in [2.75, 3.05) is 31.6 Å². The fraction of sp³-hybridized carbons (Fsp3) is 0.444. The molecule has 6 heteroatoms. The number of hydrogen-bond donors (Lipinski definition) is 1. The average Bonchev–Trinajstić information content (AvgIpc) is 2.95. The Bertz CT molecular complexity index is 766. The Hall–Kier alpha value is -1.76. The molecule has 0 spiro atoms. The Morgan fingerprint density at radius 1 is 1.29 bits per heavy atom. The maximum Gasteiger partial charge on any atom is 0.224 e. The van der Waals surface area contributed by atoms with Crippen LogP contribution in [0.3, 0.4) is 0 Å². The van der Waals surface area contributed by atoms with E-state index < -0.39 is 0 Å². The summed E-state index contributed by atoms with van der Waals surface area (Å²) in [5.74, 6) is 0.105. The zero-order chi connectivity index (χ0) is 16.5. The second-order valence-electron chi connectivity index (χ2n) is 6.32. The summed E-state index contributed by atoms with van der Waals surface area (Å²) in [5.41, 5.74) is 4.36. The van der Waals surface area contributed by atoms with Crippen molar-refractivity contribution < 1.29 is 9.53 Å². The first-order chi connectivity index (χ1) is 11.7. The molecule has 1 saturated heterocycles. The Kier molecular flexibility index (Phi) is 4.35. The van der Waals surface area contributed by atoms with Crippen molar-refractivity contribution in [2.45, 2.75) is 26.3 Å². The summed E-state index contributed by atoms with van der Waals surface area (Å²) in [6.07, 6.45) is 1.37. The fourth-order valence-electron chi connectivity index (χ4n) is 3.27. The number of ether oxygens (including phenoxy) is 1. The molecule has 1 aromatic carbocycles. The lowest BCUT2D eigenvalue weighted by Crippen LogP contribution is -2.35. The molecule has 0 atom stereocenters. The fourth-order valence-corrected chi connectivity index (χ4v) is 4.27. The van der Waals surface area contributed by atoms with E-state index >= 15 is 0 Å². The van der Waals surface area contributed by atoms with Crippen LogP contribution < -0.4 is 5.32 Å². The summed E-state index contributed by atoms with van der Waals surface area (Å²) in [7, 11) is 0. The van der Waals surface area contributed by atoms with Crippen LogP contribution in [-0.2, 0) is 22.5 Å². The van der Waals surface area contributed by atoms with E-state index in [9.17, 15) is 4.79 Å². The molecule has 24 heavy (non-hydrogen) atoms. The van der Waals surface area contributed by atoms with E-state index in [1.54, 1.807) is 11.3 Å². The van der Waals surface area contributed by atoms with Crippen LogP contribution in [0.15, 0.2) is 18.2 Å². The third-order valence-corrected chi connectivity index (χ3v) is 5.53. The van der Waals surface area contributed by atoms with Crippen LogP contribution in [0.1, 0.15) is 21.9 Å². The van der Waals surface area contributed by atoms with Crippen molar-refractivity contribution in [3.05, 3.63) is 33.6 Å². The first-order valence-electron chi connectivity index (χ1n) is 8.38. The van der Waals surface area contributed by atoms with E-state index in [4.69, 9.17) is 9.72 Å². The van der Waals surface area contributed by atoms with Gasteiger partial charge in [0, 0.05) is 35.6 Å². The molecule has 2 aliphatic rings. The lowest BCUT2D eigenvalue weighted by atomic mass is 9.99. The number of morpholine rings is 1. The number of rotatable bonds is 3. The molecule has 126 valence electrons. The maximum atomic E-state index is 11.5. The number of anilines is 1. The minimum Gasteiger partial charge on any atom is -0.379 e. The molecule has 2 aliphatic heterocycles. The van der Waals surface area contributed by atoms with Crippen LogP contribution in [0, 0.1) is 6.92 Å². The molecule has 0 aliphatic carbocycles. The number of carbonyl (C=O) groups is 1. The van der Waals surface area contributed by atoms with E-state index in [0.717, 1.165) is 61.2 Å². The SMILES string of the molecule is Cc1sc(CN2CCOCC2)nc1-c1ccc2c(c1)CCC(=O)N2. The van der Waals surface area contributed by atoms with Gasteiger partial charge in [0.15, 0.2) is 0 Å². The zero-order valence-electron chi connectivity index (χ0n) is 13.8. The molecule has 0 bridgehead atoms. The first kappa shape index (κ1) is 15.7. The highest BCUT2D eigenvalue weighted by Gasteiger charge is 2.18. The van der Waals surface area contributed by atoms with Gasteiger partial charge in [-0.05, 0) is 31.0 Å². The Balaban J connectivity index is 1.57. The number of fused-ring (bicyclic) bond motifs is 1. The number of aromatic nitrogens is 1. The van der Waals surface area contributed by atoms with Gasteiger partial charge in [-0.3, -0.25) is 9.69 Å². The van der Waals surface area contributed by atoms with E-state index in [0.29, 0.717) is 6.42 Å². The van der Waals surface area contributed by atoms with Crippen molar-refractivity contribution >= 4 is 22.9 Å². The lowest BCUT2D eigenvalue weighted by Gasteiger charge is -2.25. The molecule has 2 aromatic rings. The molecule has 1 amide bonds. The smallest absolute Gasteiger partial charge is 0.224 e. The summed E-state index contributed by atoms with van der Waals surface area (Å²) >= 11 is 1.78. The topological polar surface area (TPSA) is 54.5 Å². The molecule has 0 radical (unpaired) electrons. The number of thiazole rings is 1. The summed E-state index contributed by atoms with van der Waals surface area (Å²) in [4.78, 5) is 20.0. The van der Waals surface area contributed by atoms with Gasteiger partial charge >= 0.3 is 0 Å². The van der Waals surface area contributed by atoms with E-state index in [1.807, 2.05) is 6.07 Å². The number of nitrogens with zero attached hydrogens (tertiary/aromatic N) is 2. The monoisotopic (exact) mass is 343 g/mol. The molecule has 1 fully saturated rings. The number of hydrogen-bond acceptors (Lipinski definition) is 5. The Morgan fingerprint density at radius 2 is 2.12 bits per heavy atom. The highest BCUT2D eigenvalue weighted by molar-refractivity contribution is 7.12. The quantitative estimate of drug-likeness (QED) is 0.931. The number of aryl methyl sites for hydroxylation is 2. The van der Waals surface area contributed by atoms with Crippen molar-refractivity contribution in [2.24, 2.45) is 0 Å². The minimum atomic E-state index is 0.105. The Morgan fingerprint density at radius 3 is 2.96 bits per heavy atom. The van der Waals surface area contributed by atoms with Crippen LogP contribution in [0.25, 0.3) is 11.3 Å². The van der Waals surface area contributed by atoms with Crippen LogP contribution in [-0.4, -0.2) is 42.1 Å². The molecular formula is C18H21N3O2S. The summed E-state index contributed by atoms with van der Waals surface area (Å²) in [5, 5.41) is 4.10. The van der Waals surface area contributed by atoms with Gasteiger partial charge in [-0.25, -0.2) is 4.98 Å². The van der Waals surface area contributed by atoms with Gasteiger partial charge in [0.1, 0.15) is 5.01 Å². The normalized spacial score (nSPS) is 18.3. The van der Waals surface area contributed by atoms with Gasteiger partial charge in [0.25, 0.3) is 0 Å². The van der Waals surface area contributed by atoms with Crippen molar-refractivity contribution in [1.29, 1.82) is 0 Å². The van der Waals surface area contributed by atoms with Crippen molar-refractivity contribution in [3.63, 3.8) is 0 Å². The third kappa shape index (κ3) is 3.22. The highest BCUT2D eigenvalue weighted by atomic mass is 32.1. The summed E-state index contributed by atoms with van der Waals surface area (Å²) in [6, 6.07) is 6.24. The second-order valence-corrected chi connectivity index (χ2v) is 7.61. The van der Waals surface area contributed by atoms with E-state index in [2.05, 4.69) is 29.3 Å². The minimum absolute atomic E-state index is 0.105. The second kappa shape index (κ2) is 6.63. The number of benzene rings is 1. The zero-order valence-corrected chi connectivity index (χ0v) is 14.6. The van der Waals surface area contributed by atoms with Gasteiger partial charge < -0.3 is 10.1 Å². The van der Waals surface area contributed by atoms with Crippen LogP contribution >= 0.6 is 11.3 Å². The largest absolute Gasteiger partial charge is 0.379 e. The standard InChI is InChI=1S/C18H21N3O2S/c1-12-18(20-17(24-12)11-21-6-8-23-9-7-21)14-2-4-15-13(10-14)3-5-16(22)19-15/h2,4,10H,3,5-9,11H2,1H3,(H,19,22). The first-order valence-corrected chi connectivity index (χ1v) is 9.20. The number of nitrogens with one attached hydrogen (secondary N) is 1. The summed E-state index contributed by atoms with van der Waals surface area (Å²) in [6.45, 7) is 6.62. The molecular weight excluding hydrogens is 322 g/mol. The van der Waals surface area contributed by atoms with E-state index in [1.165, 1.54) is 10.4 Å². The van der Waals surface area contributed by atoms with Gasteiger partial charge in [-0.2, -0.15) is 0 Å². The third-order valence-electron chi connectivity index (χ3n) is 4.58. The summed E-state index contributed by atoms with van der Waals surface area (Å²) < 4.78 is 5.41. The van der Waals surface area contributed by atoms with Crippen LogP contribution in [0.2, 0.25) is 0 Å². The highest BCUT2D eigenvalue weighted by Crippen LogP contribution is 2.32. The van der Waals surface area contributed by atoms with Crippen LogP contribution in [0.5, 0.6) is 0 Å². The molecule has 5 nitrogen and oxygen atoms in total. The molecule has 1 aromatic heterocycles. The van der Waals surface area contributed by atoms with Gasteiger partial charge in [0.05, 0.1) is 25.5 Å². The molecule has 1 N–H and O–H groups in total. The molecule has 4 rings (SSSR count). The van der Waals surface area contributed by atoms with Gasteiger partial charge in [0.2, 0.25) is 5.91 Å². The molecule has 0 saturated carbocycles.